The zero-order valence-corrected chi connectivity index (χ0v) is 18.8. The van der Waals surface area contributed by atoms with E-state index in [2.05, 4.69) is 4.90 Å². The fourth-order valence-electron chi connectivity index (χ4n) is 4.58. The van der Waals surface area contributed by atoms with Crippen molar-refractivity contribution < 1.29 is 17.9 Å². The maximum Gasteiger partial charge on any atom is 0.337 e. The molecule has 1 saturated heterocycles. The summed E-state index contributed by atoms with van der Waals surface area (Å²) in [7, 11) is -2.16. The number of sulfonamides is 1. The van der Waals surface area contributed by atoms with Gasteiger partial charge in [0, 0.05) is 5.54 Å². The first kappa shape index (κ1) is 21.8. The number of carbonyl (C=O) groups excluding carboxylic acids is 1. The number of likely N-dealkylation sites (tertiary alicyclic amines) is 1. The van der Waals surface area contributed by atoms with Crippen molar-refractivity contribution >= 4 is 21.7 Å². The molecule has 1 spiro atoms. The van der Waals surface area contributed by atoms with Crippen molar-refractivity contribution in [3.8, 4) is 0 Å². The van der Waals surface area contributed by atoms with Gasteiger partial charge in [-0.25, -0.2) is 13.2 Å². The van der Waals surface area contributed by atoms with Crippen LogP contribution < -0.4 is 4.31 Å². The molecule has 6 nitrogen and oxygen atoms in total. The predicted octanol–water partition coefficient (Wildman–Crippen LogP) is 3.83. The molecular formula is C24H30N2O4S. The van der Waals surface area contributed by atoms with Gasteiger partial charge in [0.15, 0.2) is 0 Å². The van der Waals surface area contributed by atoms with Crippen molar-refractivity contribution in [2.75, 3.05) is 30.3 Å². The maximum atomic E-state index is 13.3. The van der Waals surface area contributed by atoms with E-state index in [-0.39, 0.29) is 12.3 Å². The Balaban J connectivity index is 1.47. The molecule has 0 radical (unpaired) electrons. The average molecular weight is 443 g/mol. The number of esters is 1. The Morgan fingerprint density at radius 2 is 1.77 bits per heavy atom. The third-order valence-electron chi connectivity index (χ3n) is 6.48. The molecule has 0 unspecified atom stereocenters. The Morgan fingerprint density at radius 1 is 1.06 bits per heavy atom. The van der Waals surface area contributed by atoms with Gasteiger partial charge < -0.3 is 4.74 Å². The van der Waals surface area contributed by atoms with Crippen LogP contribution >= 0.6 is 0 Å². The smallest absolute Gasteiger partial charge is 0.337 e. The summed E-state index contributed by atoms with van der Waals surface area (Å²) < 4.78 is 32.9. The molecule has 2 aromatic carbocycles. The second kappa shape index (κ2) is 9.01. The van der Waals surface area contributed by atoms with Crippen molar-refractivity contribution in [3.05, 3.63) is 65.7 Å². The van der Waals surface area contributed by atoms with Crippen LogP contribution in [0.4, 0.5) is 5.69 Å². The molecule has 2 fully saturated rings. The first-order chi connectivity index (χ1) is 14.9. The third-order valence-corrected chi connectivity index (χ3v) is 8.30. The number of benzene rings is 2. The van der Waals surface area contributed by atoms with Gasteiger partial charge in [0.1, 0.15) is 0 Å². The van der Waals surface area contributed by atoms with Crippen LogP contribution in [0.1, 0.15) is 48.0 Å². The van der Waals surface area contributed by atoms with Crippen LogP contribution in [0.2, 0.25) is 0 Å². The molecule has 166 valence electrons. The van der Waals surface area contributed by atoms with Crippen molar-refractivity contribution in [3.63, 3.8) is 0 Å². The predicted molar refractivity (Wildman–Crippen MR) is 122 cm³/mol. The quantitative estimate of drug-likeness (QED) is 0.552. The second-order valence-corrected chi connectivity index (χ2v) is 10.5. The SMILES string of the molecule is COC(=O)c1ccc(CN(c2ccccc2)S(=O)(=O)CCCN2CCCC23CC3)cc1. The lowest BCUT2D eigenvalue weighted by Gasteiger charge is -2.27. The van der Waals surface area contributed by atoms with Gasteiger partial charge in [-0.05, 0) is 75.0 Å². The fraction of sp³-hybridized carbons (Fsp3) is 0.458. The molecule has 0 amide bonds. The topological polar surface area (TPSA) is 66.9 Å². The minimum Gasteiger partial charge on any atom is -0.465 e. The molecule has 1 saturated carbocycles. The molecule has 0 aromatic heterocycles. The highest BCUT2D eigenvalue weighted by molar-refractivity contribution is 7.92. The van der Waals surface area contributed by atoms with Crippen molar-refractivity contribution in [2.45, 2.75) is 44.2 Å². The third kappa shape index (κ3) is 4.93. The minimum atomic E-state index is -3.50. The highest BCUT2D eigenvalue weighted by atomic mass is 32.2. The molecule has 0 N–H and O–H groups in total. The Labute approximate surface area is 184 Å². The number of hydrogen-bond acceptors (Lipinski definition) is 5. The summed E-state index contributed by atoms with van der Waals surface area (Å²) >= 11 is 0. The normalized spacial score (nSPS) is 17.6. The summed E-state index contributed by atoms with van der Waals surface area (Å²) in [5.41, 5.74) is 2.31. The molecular weight excluding hydrogens is 412 g/mol. The summed E-state index contributed by atoms with van der Waals surface area (Å²) in [6.07, 6.45) is 5.64. The van der Waals surface area contributed by atoms with Crippen LogP contribution in [-0.4, -0.2) is 50.8 Å². The Morgan fingerprint density at radius 3 is 2.42 bits per heavy atom. The second-order valence-electron chi connectivity index (χ2n) is 8.52. The summed E-state index contributed by atoms with van der Waals surface area (Å²) in [4.78, 5) is 14.2. The standard InChI is InChI=1S/C24H30N2O4S/c1-30-23(27)21-11-9-20(10-12-21)19-26(22-7-3-2-4-8-22)31(28,29)18-6-17-25-16-5-13-24(25)14-15-24/h2-4,7-12H,5-6,13-19H2,1H3. The van der Waals surface area contributed by atoms with Crippen LogP contribution in [0.15, 0.2) is 54.6 Å². The fourth-order valence-corrected chi connectivity index (χ4v) is 6.08. The first-order valence-electron chi connectivity index (χ1n) is 10.9. The summed E-state index contributed by atoms with van der Waals surface area (Å²) in [6, 6.07) is 16.1. The number of para-hydroxylation sites is 1. The van der Waals surface area contributed by atoms with E-state index in [1.165, 1.54) is 37.1 Å². The number of nitrogens with zero attached hydrogens (tertiary/aromatic N) is 2. The monoisotopic (exact) mass is 442 g/mol. The van der Waals surface area contributed by atoms with Crippen LogP contribution in [0.25, 0.3) is 0 Å². The van der Waals surface area contributed by atoms with Crippen LogP contribution in [0.3, 0.4) is 0 Å². The number of anilines is 1. The van der Waals surface area contributed by atoms with Crippen molar-refractivity contribution in [1.82, 2.24) is 4.90 Å². The van der Waals surface area contributed by atoms with Gasteiger partial charge in [-0.15, -0.1) is 0 Å². The van der Waals surface area contributed by atoms with E-state index in [1.807, 2.05) is 30.3 Å². The van der Waals surface area contributed by atoms with Gasteiger partial charge in [-0.1, -0.05) is 30.3 Å². The zero-order valence-electron chi connectivity index (χ0n) is 18.0. The lowest BCUT2D eigenvalue weighted by molar-refractivity contribution is 0.0600. The van der Waals surface area contributed by atoms with Crippen LogP contribution in [-0.2, 0) is 21.3 Å². The molecule has 2 aromatic rings. The number of hydrogen-bond donors (Lipinski definition) is 0. The van der Waals surface area contributed by atoms with E-state index < -0.39 is 16.0 Å². The van der Waals surface area contributed by atoms with E-state index in [1.54, 1.807) is 24.3 Å². The Hall–Kier alpha value is -2.38. The Kier molecular flexibility index (Phi) is 6.34. The Bertz CT molecular complexity index is 1000. The van der Waals surface area contributed by atoms with Gasteiger partial charge in [0.05, 0.1) is 30.7 Å². The van der Waals surface area contributed by atoms with Crippen LogP contribution in [0.5, 0.6) is 0 Å². The van der Waals surface area contributed by atoms with E-state index in [0.29, 0.717) is 23.2 Å². The molecule has 7 heteroatoms. The molecule has 1 aliphatic heterocycles. The lowest BCUT2D eigenvalue weighted by Crippen LogP contribution is -2.36. The summed E-state index contributed by atoms with van der Waals surface area (Å²) in [5.74, 6) is -0.288. The van der Waals surface area contributed by atoms with E-state index in [9.17, 15) is 13.2 Å². The number of carbonyl (C=O) groups is 1. The number of rotatable bonds is 9. The molecule has 0 atom stereocenters. The average Bonchev–Trinajstić information content (AvgIpc) is 3.46. The number of ether oxygens (including phenoxy) is 1. The van der Waals surface area contributed by atoms with E-state index in [0.717, 1.165) is 18.7 Å². The van der Waals surface area contributed by atoms with E-state index in [4.69, 9.17) is 4.74 Å². The summed E-state index contributed by atoms with van der Waals surface area (Å²) in [5, 5.41) is 0. The van der Waals surface area contributed by atoms with Crippen molar-refractivity contribution in [1.29, 1.82) is 0 Å². The molecule has 2 aliphatic rings. The minimum absolute atomic E-state index is 0.120. The first-order valence-corrected chi connectivity index (χ1v) is 12.5. The molecule has 1 aliphatic carbocycles. The van der Waals surface area contributed by atoms with Gasteiger partial charge >= 0.3 is 5.97 Å². The molecule has 31 heavy (non-hydrogen) atoms. The molecule has 4 rings (SSSR count). The molecule has 1 heterocycles. The van der Waals surface area contributed by atoms with E-state index >= 15 is 0 Å². The van der Waals surface area contributed by atoms with Gasteiger partial charge in [0.25, 0.3) is 0 Å². The highest BCUT2D eigenvalue weighted by Crippen LogP contribution is 2.49. The summed E-state index contributed by atoms with van der Waals surface area (Å²) in [6.45, 7) is 2.16. The van der Waals surface area contributed by atoms with Gasteiger partial charge in [-0.3, -0.25) is 9.21 Å². The molecule has 0 bridgehead atoms. The largest absolute Gasteiger partial charge is 0.465 e. The highest BCUT2D eigenvalue weighted by Gasteiger charge is 2.50. The number of methoxy groups -OCH3 is 1. The van der Waals surface area contributed by atoms with Gasteiger partial charge in [-0.2, -0.15) is 0 Å². The lowest BCUT2D eigenvalue weighted by atomic mass is 10.1. The van der Waals surface area contributed by atoms with Crippen molar-refractivity contribution in [2.24, 2.45) is 0 Å². The zero-order chi connectivity index (χ0) is 21.9. The maximum absolute atomic E-state index is 13.3. The van der Waals surface area contributed by atoms with Crippen LogP contribution in [0, 0.1) is 0 Å². The van der Waals surface area contributed by atoms with Gasteiger partial charge in [0.2, 0.25) is 10.0 Å².